The van der Waals surface area contributed by atoms with Gasteiger partial charge in [0, 0.05) is 31.0 Å². The van der Waals surface area contributed by atoms with Crippen LogP contribution in [0.4, 0.5) is 11.4 Å². The van der Waals surface area contributed by atoms with Gasteiger partial charge in [0.15, 0.2) is 0 Å². The summed E-state index contributed by atoms with van der Waals surface area (Å²) >= 11 is 0. The quantitative estimate of drug-likeness (QED) is 0.561. The summed E-state index contributed by atoms with van der Waals surface area (Å²) in [5, 5.41) is 3.19. The zero-order valence-corrected chi connectivity index (χ0v) is 19.8. The number of hydrogen-bond donors (Lipinski definition) is 1. The molecule has 4 rings (SSSR count). The third-order valence-electron chi connectivity index (χ3n) is 6.22. The van der Waals surface area contributed by atoms with Crippen LogP contribution in [-0.2, 0) is 16.1 Å². The Morgan fingerprint density at radius 3 is 2.45 bits per heavy atom. The van der Waals surface area contributed by atoms with Crippen LogP contribution in [0, 0.1) is 13.8 Å². The van der Waals surface area contributed by atoms with E-state index in [9.17, 15) is 4.79 Å². The lowest BCUT2D eigenvalue weighted by Crippen LogP contribution is -2.38. The van der Waals surface area contributed by atoms with Crippen LogP contribution in [0.1, 0.15) is 28.3 Å². The number of morpholine rings is 1. The molecule has 172 valence electrons. The monoisotopic (exact) mass is 443 g/mol. The van der Waals surface area contributed by atoms with Gasteiger partial charge in [-0.05, 0) is 55.3 Å². The third-order valence-corrected chi connectivity index (χ3v) is 6.22. The first-order valence-electron chi connectivity index (χ1n) is 11.6. The SMILES string of the molecule is Cc1ccc(C)c(NC(=O)[C@@H](c2ccccc2)N(C)Cc2ccccc2N2CCOCC2)c1. The molecule has 0 radical (unpaired) electrons. The Morgan fingerprint density at radius 1 is 1.00 bits per heavy atom. The van der Waals surface area contributed by atoms with Crippen molar-refractivity contribution in [3.05, 3.63) is 95.1 Å². The number of carbonyl (C=O) groups excluding carboxylic acids is 1. The van der Waals surface area contributed by atoms with E-state index in [0.717, 1.165) is 48.7 Å². The van der Waals surface area contributed by atoms with Crippen molar-refractivity contribution in [3.8, 4) is 0 Å². The second-order valence-electron chi connectivity index (χ2n) is 8.76. The lowest BCUT2D eigenvalue weighted by atomic mass is 10.0. The summed E-state index contributed by atoms with van der Waals surface area (Å²) in [7, 11) is 2.02. The first-order valence-corrected chi connectivity index (χ1v) is 11.6. The number of amides is 1. The minimum Gasteiger partial charge on any atom is -0.378 e. The second kappa shape index (κ2) is 10.6. The minimum absolute atomic E-state index is 0.0266. The van der Waals surface area contributed by atoms with Crippen molar-refractivity contribution in [3.63, 3.8) is 0 Å². The Morgan fingerprint density at radius 2 is 1.70 bits per heavy atom. The number of ether oxygens (including phenoxy) is 1. The van der Waals surface area contributed by atoms with E-state index in [1.54, 1.807) is 0 Å². The Balaban J connectivity index is 1.60. The number of anilines is 2. The molecule has 1 aliphatic rings. The molecule has 5 nitrogen and oxygen atoms in total. The van der Waals surface area contributed by atoms with Gasteiger partial charge in [-0.3, -0.25) is 9.69 Å². The number of nitrogens with zero attached hydrogens (tertiary/aromatic N) is 2. The molecule has 1 amide bonds. The topological polar surface area (TPSA) is 44.8 Å². The highest BCUT2D eigenvalue weighted by Gasteiger charge is 2.27. The number of likely N-dealkylation sites (N-methyl/N-ethyl adjacent to an activating group) is 1. The molecule has 5 heteroatoms. The summed E-state index contributed by atoms with van der Waals surface area (Å²) < 4.78 is 5.54. The van der Waals surface area contributed by atoms with Gasteiger partial charge in [0.1, 0.15) is 6.04 Å². The fourth-order valence-corrected chi connectivity index (χ4v) is 4.43. The van der Waals surface area contributed by atoms with E-state index in [2.05, 4.69) is 45.4 Å². The summed E-state index contributed by atoms with van der Waals surface area (Å²) in [6, 6.07) is 24.2. The summed E-state index contributed by atoms with van der Waals surface area (Å²) in [6.45, 7) is 7.98. The van der Waals surface area contributed by atoms with E-state index in [-0.39, 0.29) is 5.91 Å². The molecule has 0 aliphatic carbocycles. The van der Waals surface area contributed by atoms with Gasteiger partial charge in [-0.1, -0.05) is 60.7 Å². The first kappa shape index (κ1) is 23.0. The highest BCUT2D eigenvalue weighted by Crippen LogP contribution is 2.28. The molecule has 0 aromatic heterocycles. The third kappa shape index (κ3) is 5.62. The number of aryl methyl sites for hydroxylation is 2. The van der Waals surface area contributed by atoms with Crippen LogP contribution in [0.25, 0.3) is 0 Å². The molecule has 1 N–H and O–H groups in total. The molecule has 33 heavy (non-hydrogen) atoms. The van der Waals surface area contributed by atoms with Crippen LogP contribution in [0.2, 0.25) is 0 Å². The van der Waals surface area contributed by atoms with Gasteiger partial charge < -0.3 is 15.0 Å². The van der Waals surface area contributed by atoms with Gasteiger partial charge in [-0.15, -0.1) is 0 Å². The fraction of sp³-hybridized carbons (Fsp3) is 0.321. The maximum Gasteiger partial charge on any atom is 0.246 e. The van der Waals surface area contributed by atoms with Gasteiger partial charge in [-0.2, -0.15) is 0 Å². The van der Waals surface area contributed by atoms with Gasteiger partial charge >= 0.3 is 0 Å². The zero-order chi connectivity index (χ0) is 23.2. The largest absolute Gasteiger partial charge is 0.378 e. The van der Waals surface area contributed by atoms with Crippen LogP contribution in [0.5, 0.6) is 0 Å². The number of hydrogen-bond acceptors (Lipinski definition) is 4. The van der Waals surface area contributed by atoms with E-state index >= 15 is 0 Å². The van der Waals surface area contributed by atoms with Crippen LogP contribution >= 0.6 is 0 Å². The van der Waals surface area contributed by atoms with Gasteiger partial charge in [0.2, 0.25) is 5.91 Å². The number of rotatable bonds is 7. The average molecular weight is 444 g/mol. The highest BCUT2D eigenvalue weighted by atomic mass is 16.5. The Bertz CT molecular complexity index is 1080. The van der Waals surface area contributed by atoms with Crippen molar-refractivity contribution < 1.29 is 9.53 Å². The number of nitrogens with one attached hydrogen (secondary N) is 1. The molecule has 1 saturated heterocycles. The van der Waals surface area contributed by atoms with Crippen LogP contribution < -0.4 is 10.2 Å². The van der Waals surface area contributed by atoms with E-state index in [1.807, 2.05) is 63.4 Å². The predicted molar refractivity (Wildman–Crippen MR) is 135 cm³/mol. The molecule has 1 heterocycles. The van der Waals surface area contributed by atoms with Gasteiger partial charge in [0.05, 0.1) is 13.2 Å². The standard InChI is InChI=1S/C28H33N3O2/c1-21-13-14-22(2)25(19-21)29-28(32)27(23-9-5-4-6-10-23)30(3)20-24-11-7-8-12-26(24)31-15-17-33-18-16-31/h4-14,19,27H,15-18,20H2,1-3H3,(H,29,32)/t27-/m1/s1. The van der Waals surface area contributed by atoms with Gasteiger partial charge in [0.25, 0.3) is 0 Å². The number of para-hydroxylation sites is 1. The molecule has 1 atom stereocenters. The minimum atomic E-state index is -0.413. The van der Waals surface area contributed by atoms with Crippen LogP contribution in [0.15, 0.2) is 72.8 Å². The van der Waals surface area contributed by atoms with Crippen molar-refractivity contribution in [1.29, 1.82) is 0 Å². The normalized spacial score (nSPS) is 14.8. The smallest absolute Gasteiger partial charge is 0.246 e. The highest BCUT2D eigenvalue weighted by molar-refractivity contribution is 5.96. The molecule has 1 fully saturated rings. The van der Waals surface area contributed by atoms with Gasteiger partial charge in [-0.25, -0.2) is 0 Å². The summed E-state index contributed by atoms with van der Waals surface area (Å²) in [4.78, 5) is 18.1. The molecule has 3 aromatic rings. The van der Waals surface area contributed by atoms with Crippen LogP contribution in [0.3, 0.4) is 0 Å². The molecule has 0 spiro atoms. The lowest BCUT2D eigenvalue weighted by Gasteiger charge is -2.33. The summed E-state index contributed by atoms with van der Waals surface area (Å²) in [5.74, 6) is -0.0266. The molecule has 0 bridgehead atoms. The number of benzene rings is 3. The van der Waals surface area contributed by atoms with Crippen molar-refractivity contribution >= 4 is 17.3 Å². The van der Waals surface area contributed by atoms with Crippen molar-refractivity contribution in [2.45, 2.75) is 26.4 Å². The van der Waals surface area contributed by atoms with E-state index < -0.39 is 6.04 Å². The van der Waals surface area contributed by atoms with Crippen molar-refractivity contribution in [2.75, 3.05) is 43.6 Å². The first-order chi connectivity index (χ1) is 16.0. The van der Waals surface area contributed by atoms with E-state index in [1.165, 1.54) is 11.3 Å². The fourth-order valence-electron chi connectivity index (χ4n) is 4.43. The maximum absolute atomic E-state index is 13.6. The lowest BCUT2D eigenvalue weighted by molar-refractivity contribution is -0.121. The molecule has 0 saturated carbocycles. The Kier molecular flexibility index (Phi) is 7.43. The van der Waals surface area contributed by atoms with Crippen LogP contribution in [-0.4, -0.2) is 44.2 Å². The average Bonchev–Trinajstić information content (AvgIpc) is 2.83. The van der Waals surface area contributed by atoms with Crippen molar-refractivity contribution in [1.82, 2.24) is 4.90 Å². The maximum atomic E-state index is 13.6. The summed E-state index contributed by atoms with van der Waals surface area (Å²) in [5.41, 5.74) is 6.45. The van der Waals surface area contributed by atoms with E-state index in [0.29, 0.717) is 6.54 Å². The van der Waals surface area contributed by atoms with E-state index in [4.69, 9.17) is 4.74 Å². The zero-order valence-electron chi connectivity index (χ0n) is 19.8. The summed E-state index contributed by atoms with van der Waals surface area (Å²) in [6.07, 6.45) is 0. The molecule has 1 aliphatic heterocycles. The second-order valence-corrected chi connectivity index (χ2v) is 8.76. The van der Waals surface area contributed by atoms with Crippen molar-refractivity contribution in [2.24, 2.45) is 0 Å². The predicted octanol–water partition coefficient (Wildman–Crippen LogP) is 4.95. The molecule has 0 unspecified atom stereocenters. The Labute approximate surface area is 197 Å². The molecule has 3 aromatic carbocycles. The Hall–Kier alpha value is -3.15. The molecular formula is C28H33N3O2. The molecular weight excluding hydrogens is 410 g/mol. The number of carbonyl (C=O) groups is 1.